The second kappa shape index (κ2) is 10.6. The molecule has 36 heavy (non-hydrogen) atoms. The van der Waals surface area contributed by atoms with Crippen LogP contribution in [0.5, 0.6) is 0 Å². The predicted molar refractivity (Wildman–Crippen MR) is 138 cm³/mol. The molecule has 1 unspecified atom stereocenters. The number of amides is 1. The summed E-state index contributed by atoms with van der Waals surface area (Å²) >= 11 is 0. The number of benzene rings is 2. The quantitative estimate of drug-likeness (QED) is 0.364. The van der Waals surface area contributed by atoms with E-state index in [2.05, 4.69) is 40.9 Å². The number of fused-ring (bicyclic) bond motifs is 1. The molecular formula is C29H30N6O. The fourth-order valence-electron chi connectivity index (χ4n) is 4.85. The van der Waals surface area contributed by atoms with Gasteiger partial charge in [-0.1, -0.05) is 62.2 Å². The fourth-order valence-corrected chi connectivity index (χ4v) is 4.85. The van der Waals surface area contributed by atoms with Crippen molar-refractivity contribution in [2.24, 2.45) is 0 Å². The topological polar surface area (TPSA) is 79.7 Å². The van der Waals surface area contributed by atoms with Crippen molar-refractivity contribution >= 4 is 5.91 Å². The Bertz CT molecular complexity index is 1360. The Hall–Kier alpha value is -4.18. The first-order valence-electron chi connectivity index (χ1n) is 12.5. The van der Waals surface area contributed by atoms with Crippen molar-refractivity contribution in [2.75, 3.05) is 0 Å². The van der Waals surface area contributed by atoms with E-state index in [0.717, 1.165) is 54.1 Å². The van der Waals surface area contributed by atoms with Crippen LogP contribution in [-0.4, -0.2) is 36.0 Å². The highest BCUT2D eigenvalue weighted by molar-refractivity contribution is 5.79. The van der Waals surface area contributed by atoms with E-state index in [0.29, 0.717) is 25.1 Å². The summed E-state index contributed by atoms with van der Waals surface area (Å²) in [7, 11) is 0. The van der Waals surface area contributed by atoms with E-state index >= 15 is 0 Å². The molecule has 0 bridgehead atoms. The predicted octanol–water partition coefficient (Wildman–Crippen LogP) is 4.81. The molecule has 2 aromatic carbocycles. The number of nitrogens with zero attached hydrogens (tertiary/aromatic N) is 6. The number of unbranched alkanes of at least 4 members (excludes halogenated alkanes) is 1. The molecule has 4 aromatic rings. The Morgan fingerprint density at radius 1 is 1.14 bits per heavy atom. The van der Waals surface area contributed by atoms with E-state index in [9.17, 15) is 4.79 Å². The number of hydrogen-bond donors (Lipinski definition) is 0. The third-order valence-electron chi connectivity index (χ3n) is 6.87. The lowest BCUT2D eigenvalue weighted by molar-refractivity contribution is -0.135. The monoisotopic (exact) mass is 478 g/mol. The minimum Gasteiger partial charge on any atom is -0.331 e. The van der Waals surface area contributed by atoms with Crippen molar-refractivity contribution in [2.45, 2.75) is 58.3 Å². The molecule has 1 atom stereocenters. The Labute approximate surface area is 211 Å². The first-order chi connectivity index (χ1) is 17.6. The van der Waals surface area contributed by atoms with Gasteiger partial charge in [-0.05, 0) is 24.1 Å². The van der Waals surface area contributed by atoms with Gasteiger partial charge in [0.05, 0.1) is 42.7 Å². The van der Waals surface area contributed by atoms with Gasteiger partial charge in [0.1, 0.15) is 5.82 Å². The summed E-state index contributed by atoms with van der Waals surface area (Å²) in [6, 6.07) is 20.0. The van der Waals surface area contributed by atoms with Crippen molar-refractivity contribution in [3.8, 4) is 17.3 Å². The van der Waals surface area contributed by atoms with Gasteiger partial charge in [0.25, 0.3) is 0 Å². The maximum Gasteiger partial charge on any atom is 0.229 e. The van der Waals surface area contributed by atoms with Crippen LogP contribution in [0.3, 0.4) is 0 Å². The molecule has 0 fully saturated rings. The summed E-state index contributed by atoms with van der Waals surface area (Å²) in [5.74, 6) is 1.04. The zero-order chi connectivity index (χ0) is 24.9. The molecule has 7 nitrogen and oxygen atoms in total. The van der Waals surface area contributed by atoms with Crippen LogP contribution in [0.2, 0.25) is 0 Å². The van der Waals surface area contributed by atoms with Crippen LogP contribution in [0.1, 0.15) is 48.8 Å². The number of hydrogen-bond acceptors (Lipinski definition) is 4. The number of carbonyl (C=O) groups is 1. The SMILES string of the molecule is CCCCC1Cn2cc(-c3ccccc3)nc2CN1C(=O)Cc1cncn1Cc1ccc(C#N)cc1. The number of rotatable bonds is 8. The second-order valence-electron chi connectivity index (χ2n) is 9.38. The van der Waals surface area contributed by atoms with Crippen LogP contribution < -0.4 is 0 Å². The van der Waals surface area contributed by atoms with Gasteiger partial charge >= 0.3 is 0 Å². The molecule has 2 aromatic heterocycles. The Kier molecular flexibility index (Phi) is 6.94. The zero-order valence-corrected chi connectivity index (χ0v) is 20.5. The Morgan fingerprint density at radius 2 is 1.94 bits per heavy atom. The molecule has 5 rings (SSSR count). The van der Waals surface area contributed by atoms with Gasteiger partial charge < -0.3 is 14.0 Å². The van der Waals surface area contributed by atoms with Gasteiger partial charge in [-0.25, -0.2) is 9.97 Å². The summed E-state index contributed by atoms with van der Waals surface area (Å²) in [6.07, 6.45) is 9.13. The van der Waals surface area contributed by atoms with Gasteiger partial charge in [0.15, 0.2) is 0 Å². The smallest absolute Gasteiger partial charge is 0.229 e. The van der Waals surface area contributed by atoms with Gasteiger partial charge in [0.2, 0.25) is 5.91 Å². The van der Waals surface area contributed by atoms with Crippen molar-refractivity contribution in [3.63, 3.8) is 0 Å². The first-order valence-corrected chi connectivity index (χ1v) is 12.5. The van der Waals surface area contributed by atoms with Crippen LogP contribution in [0.15, 0.2) is 73.3 Å². The molecule has 7 heteroatoms. The van der Waals surface area contributed by atoms with E-state index in [-0.39, 0.29) is 11.9 Å². The van der Waals surface area contributed by atoms with Crippen molar-refractivity contribution in [3.05, 3.63) is 96.0 Å². The van der Waals surface area contributed by atoms with E-state index < -0.39 is 0 Å². The standard InChI is InChI=1S/C29H30N6O/c1-2-3-9-25-18-33-19-27(24-7-5-4-6-8-24)32-28(33)20-35(25)29(36)14-26-16-31-21-34(26)17-23-12-10-22(15-30)11-13-23/h4-8,10-13,16,19,21,25H,2-3,9,14,17-18,20H2,1H3. The third kappa shape index (κ3) is 5.08. The summed E-state index contributed by atoms with van der Waals surface area (Å²) in [4.78, 5) is 24.8. The molecule has 0 saturated carbocycles. The first kappa shape index (κ1) is 23.6. The van der Waals surface area contributed by atoms with Gasteiger partial charge in [-0.2, -0.15) is 5.26 Å². The van der Waals surface area contributed by atoms with Gasteiger partial charge in [-0.15, -0.1) is 0 Å². The number of aromatic nitrogens is 4. The Morgan fingerprint density at radius 3 is 2.69 bits per heavy atom. The van der Waals surface area contributed by atoms with E-state index in [1.165, 1.54) is 0 Å². The Balaban J connectivity index is 1.34. The van der Waals surface area contributed by atoms with Gasteiger partial charge in [0, 0.05) is 36.7 Å². The van der Waals surface area contributed by atoms with Crippen LogP contribution in [0.4, 0.5) is 0 Å². The lowest BCUT2D eigenvalue weighted by atomic mass is 10.0. The second-order valence-corrected chi connectivity index (χ2v) is 9.38. The summed E-state index contributed by atoms with van der Waals surface area (Å²) < 4.78 is 4.24. The van der Waals surface area contributed by atoms with Crippen LogP contribution in [0, 0.1) is 11.3 Å². The van der Waals surface area contributed by atoms with E-state index in [1.807, 2.05) is 51.9 Å². The van der Waals surface area contributed by atoms with Crippen molar-refractivity contribution in [1.29, 1.82) is 5.26 Å². The molecule has 0 N–H and O–H groups in total. The molecule has 3 heterocycles. The average molecular weight is 479 g/mol. The molecule has 0 radical (unpaired) electrons. The highest BCUT2D eigenvalue weighted by atomic mass is 16.2. The largest absolute Gasteiger partial charge is 0.331 e. The van der Waals surface area contributed by atoms with Crippen molar-refractivity contribution in [1.82, 2.24) is 24.0 Å². The van der Waals surface area contributed by atoms with Gasteiger partial charge in [-0.3, -0.25) is 4.79 Å². The van der Waals surface area contributed by atoms with Crippen LogP contribution >= 0.6 is 0 Å². The maximum absolute atomic E-state index is 13.6. The molecule has 0 spiro atoms. The lowest BCUT2D eigenvalue weighted by Crippen LogP contribution is -2.47. The summed E-state index contributed by atoms with van der Waals surface area (Å²) in [5, 5.41) is 9.03. The maximum atomic E-state index is 13.6. The molecule has 1 amide bonds. The number of nitriles is 1. The molecular weight excluding hydrogens is 448 g/mol. The molecule has 1 aliphatic heterocycles. The highest BCUT2D eigenvalue weighted by Gasteiger charge is 2.31. The average Bonchev–Trinajstić information content (AvgIpc) is 3.54. The third-order valence-corrected chi connectivity index (χ3v) is 6.87. The lowest BCUT2D eigenvalue weighted by Gasteiger charge is -2.36. The summed E-state index contributed by atoms with van der Waals surface area (Å²) in [5.41, 5.74) is 4.63. The van der Waals surface area contributed by atoms with Crippen LogP contribution in [-0.2, 0) is 30.8 Å². The fraction of sp³-hybridized carbons (Fsp3) is 0.310. The minimum absolute atomic E-state index is 0.105. The minimum atomic E-state index is 0.105. The molecule has 0 saturated heterocycles. The van der Waals surface area contributed by atoms with E-state index in [4.69, 9.17) is 10.2 Å². The molecule has 0 aliphatic carbocycles. The molecule has 182 valence electrons. The highest BCUT2D eigenvalue weighted by Crippen LogP contribution is 2.26. The number of carbonyl (C=O) groups excluding carboxylic acids is 1. The molecule has 1 aliphatic rings. The van der Waals surface area contributed by atoms with Crippen molar-refractivity contribution < 1.29 is 4.79 Å². The normalized spacial score (nSPS) is 14.9. The zero-order valence-electron chi connectivity index (χ0n) is 20.5. The van der Waals surface area contributed by atoms with E-state index in [1.54, 1.807) is 12.5 Å². The van der Waals surface area contributed by atoms with Crippen LogP contribution in [0.25, 0.3) is 11.3 Å². The summed E-state index contributed by atoms with van der Waals surface area (Å²) in [6.45, 7) is 4.08. The number of imidazole rings is 2.